The number of hydrogen-bond donors (Lipinski definition) is 1. The molecule has 0 fully saturated rings. The lowest BCUT2D eigenvalue weighted by Gasteiger charge is -2.20. The van der Waals surface area contributed by atoms with Crippen LogP contribution in [0.25, 0.3) is 0 Å². The number of carbonyl (C=O) groups is 1. The smallest absolute Gasteiger partial charge is 0.335 e. The molecule has 5 nitrogen and oxygen atoms in total. The summed E-state index contributed by atoms with van der Waals surface area (Å²) in [6.45, 7) is 4.29. The molecule has 0 bridgehead atoms. The summed E-state index contributed by atoms with van der Waals surface area (Å²) in [5.41, 5.74) is 3.89. The van der Waals surface area contributed by atoms with Crippen LogP contribution in [0.4, 0.5) is 0 Å². The Balaban J connectivity index is 1.35. The number of carboxylic acids is 1. The molecular formula is C27H32N2O3. The minimum Gasteiger partial charge on any atom is -0.489 e. The van der Waals surface area contributed by atoms with Crippen molar-refractivity contribution in [1.29, 1.82) is 0 Å². The van der Waals surface area contributed by atoms with Crippen LogP contribution in [0.15, 0.2) is 78.9 Å². The highest BCUT2D eigenvalue weighted by molar-refractivity contribution is 5.87. The van der Waals surface area contributed by atoms with Crippen LogP contribution in [0.5, 0.6) is 5.75 Å². The average Bonchev–Trinajstić information content (AvgIpc) is 2.79. The van der Waals surface area contributed by atoms with Gasteiger partial charge < -0.3 is 19.6 Å². The highest BCUT2D eigenvalue weighted by Gasteiger charge is 2.06. The molecule has 3 aromatic rings. The summed E-state index contributed by atoms with van der Waals surface area (Å²) in [5.74, 6) is 0.000519. The van der Waals surface area contributed by atoms with Gasteiger partial charge in [0.25, 0.3) is 0 Å². The summed E-state index contributed by atoms with van der Waals surface area (Å²) in [6.07, 6.45) is 1.07. The maximum atomic E-state index is 10.9. The van der Waals surface area contributed by atoms with E-state index in [2.05, 4.69) is 48.2 Å². The summed E-state index contributed by atoms with van der Waals surface area (Å²) in [7, 11) is 4.24. The first-order chi connectivity index (χ1) is 15.5. The summed E-state index contributed by atoms with van der Waals surface area (Å²) in [4.78, 5) is 15.5. The number of carboxylic acid groups (broad SMARTS) is 1. The molecule has 168 valence electrons. The Bertz CT molecular complexity index is 956. The highest BCUT2D eigenvalue weighted by Crippen LogP contribution is 2.15. The van der Waals surface area contributed by atoms with Gasteiger partial charge in [0.15, 0.2) is 0 Å². The van der Waals surface area contributed by atoms with Gasteiger partial charge in [0.05, 0.1) is 5.56 Å². The summed E-state index contributed by atoms with van der Waals surface area (Å²) >= 11 is 0. The molecule has 0 aliphatic rings. The predicted molar refractivity (Wildman–Crippen MR) is 128 cm³/mol. The van der Waals surface area contributed by atoms with Crippen LogP contribution < -0.4 is 4.74 Å². The molecule has 1 N–H and O–H groups in total. The Morgan fingerprint density at radius 2 is 1.28 bits per heavy atom. The molecule has 3 aromatic carbocycles. The largest absolute Gasteiger partial charge is 0.489 e. The number of ether oxygens (including phenoxy) is 1. The Labute approximate surface area is 190 Å². The van der Waals surface area contributed by atoms with Gasteiger partial charge in [0.2, 0.25) is 0 Å². The van der Waals surface area contributed by atoms with Gasteiger partial charge in [-0.25, -0.2) is 4.79 Å². The number of aromatic carboxylic acids is 1. The summed E-state index contributed by atoms with van der Waals surface area (Å²) in [6, 6.07) is 25.6. The number of rotatable bonds is 12. The van der Waals surface area contributed by atoms with E-state index in [1.165, 1.54) is 11.1 Å². The van der Waals surface area contributed by atoms with Crippen molar-refractivity contribution in [3.05, 3.63) is 101 Å². The zero-order valence-electron chi connectivity index (χ0n) is 18.9. The maximum absolute atomic E-state index is 10.9. The van der Waals surface area contributed by atoms with Gasteiger partial charge in [-0.3, -0.25) is 0 Å². The third-order valence-corrected chi connectivity index (χ3v) is 5.36. The molecule has 0 amide bonds. The molecule has 0 unspecified atom stereocenters. The van der Waals surface area contributed by atoms with Crippen LogP contribution in [-0.4, -0.2) is 48.1 Å². The van der Waals surface area contributed by atoms with E-state index < -0.39 is 5.97 Å². The minimum absolute atomic E-state index is 0.328. The second-order valence-corrected chi connectivity index (χ2v) is 8.25. The van der Waals surface area contributed by atoms with E-state index in [0.717, 1.165) is 43.9 Å². The van der Waals surface area contributed by atoms with Gasteiger partial charge in [0.1, 0.15) is 12.4 Å². The van der Waals surface area contributed by atoms with Gasteiger partial charge in [-0.1, -0.05) is 54.6 Å². The SMILES string of the molecule is CN(CCCN(C)Cc1ccc(C(=O)O)cc1)Cc1ccc(OCc2ccccc2)cc1. The van der Waals surface area contributed by atoms with Gasteiger partial charge >= 0.3 is 5.97 Å². The van der Waals surface area contributed by atoms with Gasteiger partial charge in [-0.15, -0.1) is 0 Å². The molecule has 3 rings (SSSR count). The molecule has 0 aliphatic carbocycles. The van der Waals surface area contributed by atoms with E-state index in [-0.39, 0.29) is 0 Å². The number of nitrogens with zero attached hydrogens (tertiary/aromatic N) is 2. The molecule has 32 heavy (non-hydrogen) atoms. The summed E-state index contributed by atoms with van der Waals surface area (Å²) in [5, 5.41) is 8.99. The molecule has 0 heterocycles. The molecule has 0 spiro atoms. The first-order valence-electron chi connectivity index (χ1n) is 10.9. The molecule has 0 aromatic heterocycles. The van der Waals surface area contributed by atoms with Crippen LogP contribution in [0, 0.1) is 0 Å². The lowest BCUT2D eigenvalue weighted by atomic mass is 10.1. The Kier molecular flexibility index (Phi) is 8.84. The van der Waals surface area contributed by atoms with Crippen LogP contribution in [-0.2, 0) is 19.7 Å². The summed E-state index contributed by atoms with van der Waals surface area (Å²) < 4.78 is 5.86. The lowest BCUT2D eigenvalue weighted by molar-refractivity contribution is 0.0697. The Morgan fingerprint density at radius 1 is 0.750 bits per heavy atom. The minimum atomic E-state index is -0.887. The number of benzene rings is 3. The van der Waals surface area contributed by atoms with Gasteiger partial charge in [-0.05, 0) is 74.6 Å². The van der Waals surface area contributed by atoms with E-state index in [1.54, 1.807) is 12.1 Å². The lowest BCUT2D eigenvalue weighted by Crippen LogP contribution is -2.25. The van der Waals surface area contributed by atoms with Crippen LogP contribution in [0.1, 0.15) is 33.5 Å². The van der Waals surface area contributed by atoms with Crippen molar-refractivity contribution in [2.24, 2.45) is 0 Å². The third-order valence-electron chi connectivity index (χ3n) is 5.36. The van der Waals surface area contributed by atoms with Crippen molar-refractivity contribution in [3.8, 4) is 5.75 Å². The third kappa shape index (κ3) is 7.84. The Hall–Kier alpha value is -3.15. The predicted octanol–water partition coefficient (Wildman–Crippen LogP) is 4.92. The molecule has 5 heteroatoms. The second-order valence-electron chi connectivity index (χ2n) is 8.25. The van der Waals surface area contributed by atoms with Crippen LogP contribution in [0.2, 0.25) is 0 Å². The monoisotopic (exact) mass is 432 g/mol. The molecule has 0 aliphatic heterocycles. The van der Waals surface area contributed by atoms with Crippen molar-refractivity contribution in [3.63, 3.8) is 0 Å². The topological polar surface area (TPSA) is 53.0 Å². The van der Waals surface area contributed by atoms with Gasteiger partial charge in [0, 0.05) is 13.1 Å². The van der Waals surface area contributed by atoms with E-state index >= 15 is 0 Å². The van der Waals surface area contributed by atoms with E-state index in [0.29, 0.717) is 12.2 Å². The van der Waals surface area contributed by atoms with Crippen LogP contribution in [0.3, 0.4) is 0 Å². The van der Waals surface area contributed by atoms with Crippen molar-refractivity contribution in [2.75, 3.05) is 27.2 Å². The highest BCUT2D eigenvalue weighted by atomic mass is 16.5. The van der Waals surface area contributed by atoms with Gasteiger partial charge in [-0.2, -0.15) is 0 Å². The normalized spacial score (nSPS) is 11.1. The fourth-order valence-corrected chi connectivity index (χ4v) is 3.58. The first kappa shape index (κ1) is 23.5. The first-order valence-corrected chi connectivity index (χ1v) is 10.9. The van der Waals surface area contributed by atoms with Crippen molar-refractivity contribution >= 4 is 5.97 Å². The van der Waals surface area contributed by atoms with Crippen molar-refractivity contribution in [1.82, 2.24) is 9.80 Å². The quantitative estimate of drug-likeness (QED) is 0.440. The molecular weight excluding hydrogens is 400 g/mol. The van der Waals surface area contributed by atoms with E-state index in [9.17, 15) is 4.79 Å². The Morgan fingerprint density at radius 3 is 1.81 bits per heavy atom. The van der Waals surface area contributed by atoms with Crippen molar-refractivity contribution in [2.45, 2.75) is 26.1 Å². The number of hydrogen-bond acceptors (Lipinski definition) is 4. The van der Waals surface area contributed by atoms with Crippen molar-refractivity contribution < 1.29 is 14.6 Å². The van der Waals surface area contributed by atoms with E-state index in [1.807, 2.05) is 42.5 Å². The van der Waals surface area contributed by atoms with E-state index in [4.69, 9.17) is 9.84 Å². The maximum Gasteiger partial charge on any atom is 0.335 e. The molecule has 0 saturated heterocycles. The average molecular weight is 433 g/mol. The zero-order valence-corrected chi connectivity index (χ0v) is 18.9. The fourth-order valence-electron chi connectivity index (χ4n) is 3.58. The zero-order chi connectivity index (χ0) is 22.8. The second kappa shape index (κ2) is 12.0. The fraction of sp³-hybridized carbons (Fsp3) is 0.296. The van der Waals surface area contributed by atoms with Crippen LogP contribution >= 0.6 is 0 Å². The standard InChI is InChI=1S/C27H32N2O3/c1-28(19-22-9-13-25(14-10-22)27(30)31)17-6-18-29(2)20-23-11-15-26(16-12-23)32-21-24-7-4-3-5-8-24/h3-5,7-16H,6,17-21H2,1-2H3,(H,30,31). The molecule has 0 saturated carbocycles. The molecule has 0 radical (unpaired) electrons. The molecule has 0 atom stereocenters.